The lowest BCUT2D eigenvalue weighted by Crippen LogP contribution is -2.40. The van der Waals surface area contributed by atoms with Gasteiger partial charge in [-0.2, -0.15) is 0 Å². The van der Waals surface area contributed by atoms with E-state index in [1.807, 2.05) is 11.3 Å². The van der Waals surface area contributed by atoms with Crippen LogP contribution in [0.25, 0.3) is 0 Å². The van der Waals surface area contributed by atoms with Crippen LogP contribution in [0.2, 0.25) is 0 Å². The molecular formula is C14H18ClNOS. The van der Waals surface area contributed by atoms with Gasteiger partial charge in [0.1, 0.15) is 0 Å². The van der Waals surface area contributed by atoms with Crippen LogP contribution in [0.5, 0.6) is 0 Å². The molecule has 1 amide bonds. The normalized spacial score (nSPS) is 22.9. The predicted molar refractivity (Wildman–Crippen MR) is 75.2 cm³/mol. The van der Waals surface area contributed by atoms with E-state index in [2.05, 4.69) is 16.3 Å². The number of fused-ring (bicyclic) bond motifs is 1. The molecule has 0 bridgehead atoms. The zero-order valence-corrected chi connectivity index (χ0v) is 12.0. The van der Waals surface area contributed by atoms with Crippen LogP contribution in [0.4, 0.5) is 0 Å². The average Bonchev–Trinajstić information content (AvgIpc) is 3.11. The van der Waals surface area contributed by atoms with Crippen molar-refractivity contribution in [3.8, 4) is 0 Å². The summed E-state index contributed by atoms with van der Waals surface area (Å²) in [6, 6.07) is 2.59. The largest absolute Gasteiger partial charge is 0.335 e. The topological polar surface area (TPSA) is 20.3 Å². The van der Waals surface area contributed by atoms with Gasteiger partial charge in [0, 0.05) is 23.7 Å². The summed E-state index contributed by atoms with van der Waals surface area (Å²) in [5, 5.41) is 2.17. The molecular weight excluding hydrogens is 266 g/mol. The molecule has 0 N–H and O–H groups in total. The molecule has 1 aromatic heterocycles. The Labute approximate surface area is 117 Å². The molecule has 1 aromatic rings. The van der Waals surface area contributed by atoms with Crippen molar-refractivity contribution in [2.45, 2.75) is 38.1 Å². The summed E-state index contributed by atoms with van der Waals surface area (Å²) in [5.74, 6) is 1.58. The van der Waals surface area contributed by atoms with Crippen molar-refractivity contribution >= 4 is 28.8 Å². The zero-order valence-electron chi connectivity index (χ0n) is 10.4. The lowest BCUT2D eigenvalue weighted by Gasteiger charge is -2.36. The molecule has 4 heteroatoms. The van der Waals surface area contributed by atoms with Gasteiger partial charge in [0.25, 0.3) is 0 Å². The second-order valence-corrected chi connectivity index (χ2v) is 6.59. The van der Waals surface area contributed by atoms with Crippen molar-refractivity contribution in [1.82, 2.24) is 4.90 Å². The molecule has 1 saturated carbocycles. The summed E-state index contributed by atoms with van der Waals surface area (Å²) >= 11 is 7.54. The van der Waals surface area contributed by atoms with E-state index in [1.54, 1.807) is 0 Å². The lowest BCUT2D eigenvalue weighted by atomic mass is 9.95. The fraction of sp³-hybridized carbons (Fsp3) is 0.643. The SMILES string of the molecule is O=C(CCCCl)N1CCc2sccc2C1C1CC1. The molecule has 0 radical (unpaired) electrons. The molecule has 18 heavy (non-hydrogen) atoms. The van der Waals surface area contributed by atoms with Gasteiger partial charge in [0.05, 0.1) is 6.04 Å². The highest BCUT2D eigenvalue weighted by molar-refractivity contribution is 7.10. The first-order valence-corrected chi connectivity index (χ1v) is 8.14. The van der Waals surface area contributed by atoms with E-state index < -0.39 is 0 Å². The number of alkyl halides is 1. The monoisotopic (exact) mass is 283 g/mol. The van der Waals surface area contributed by atoms with E-state index >= 15 is 0 Å². The van der Waals surface area contributed by atoms with Crippen LogP contribution in [0.3, 0.4) is 0 Å². The Bertz CT molecular complexity index is 441. The Hall–Kier alpha value is -0.540. The number of halogens is 1. The number of rotatable bonds is 4. The Balaban J connectivity index is 1.80. The summed E-state index contributed by atoms with van der Waals surface area (Å²) in [5.41, 5.74) is 1.42. The van der Waals surface area contributed by atoms with Crippen LogP contribution in [-0.4, -0.2) is 23.2 Å². The van der Waals surface area contributed by atoms with Crippen molar-refractivity contribution in [3.63, 3.8) is 0 Å². The van der Waals surface area contributed by atoms with E-state index in [0.29, 0.717) is 30.2 Å². The molecule has 2 aliphatic rings. The average molecular weight is 284 g/mol. The van der Waals surface area contributed by atoms with Crippen LogP contribution in [0.1, 0.15) is 42.2 Å². The lowest BCUT2D eigenvalue weighted by molar-refractivity contribution is -0.134. The molecule has 1 unspecified atom stereocenters. The van der Waals surface area contributed by atoms with E-state index in [-0.39, 0.29) is 0 Å². The summed E-state index contributed by atoms with van der Waals surface area (Å²) in [6.45, 7) is 0.899. The molecule has 2 nitrogen and oxygen atoms in total. The Morgan fingerprint density at radius 1 is 1.50 bits per heavy atom. The molecule has 2 heterocycles. The molecule has 0 spiro atoms. The van der Waals surface area contributed by atoms with Crippen molar-refractivity contribution in [3.05, 3.63) is 21.9 Å². The van der Waals surface area contributed by atoms with Gasteiger partial charge in [-0.1, -0.05) is 0 Å². The predicted octanol–water partition coefficient (Wildman–Crippen LogP) is 3.60. The van der Waals surface area contributed by atoms with Gasteiger partial charge in [0.15, 0.2) is 0 Å². The van der Waals surface area contributed by atoms with E-state index in [4.69, 9.17) is 11.6 Å². The van der Waals surface area contributed by atoms with Crippen molar-refractivity contribution in [2.24, 2.45) is 5.92 Å². The third kappa shape index (κ3) is 2.30. The summed E-state index contributed by atoms with van der Waals surface area (Å²) in [6.07, 6.45) is 4.98. The standard InChI is InChI=1S/C14H18ClNOS/c15-7-1-2-13(17)16-8-5-12-11(6-9-18-12)14(16)10-3-4-10/h6,9-10,14H,1-5,7-8H2. The van der Waals surface area contributed by atoms with Gasteiger partial charge in [-0.05, 0) is 48.6 Å². The van der Waals surface area contributed by atoms with E-state index in [1.165, 1.54) is 23.3 Å². The first-order valence-electron chi connectivity index (χ1n) is 6.73. The Kier molecular flexibility index (Phi) is 3.62. The molecule has 1 atom stereocenters. The van der Waals surface area contributed by atoms with Gasteiger partial charge < -0.3 is 4.90 Å². The minimum Gasteiger partial charge on any atom is -0.335 e. The van der Waals surface area contributed by atoms with Gasteiger partial charge in [-0.3, -0.25) is 4.79 Å². The molecule has 3 rings (SSSR count). The quantitative estimate of drug-likeness (QED) is 0.773. The van der Waals surface area contributed by atoms with Gasteiger partial charge in [-0.15, -0.1) is 22.9 Å². The molecule has 1 aliphatic heterocycles. The fourth-order valence-electron chi connectivity index (χ4n) is 2.91. The highest BCUT2D eigenvalue weighted by atomic mass is 35.5. The minimum absolute atomic E-state index is 0.296. The second-order valence-electron chi connectivity index (χ2n) is 5.21. The number of hydrogen-bond acceptors (Lipinski definition) is 2. The van der Waals surface area contributed by atoms with Gasteiger partial charge >= 0.3 is 0 Å². The van der Waals surface area contributed by atoms with Crippen molar-refractivity contribution in [2.75, 3.05) is 12.4 Å². The number of nitrogens with zero attached hydrogens (tertiary/aromatic N) is 1. The number of carbonyl (C=O) groups is 1. The maximum absolute atomic E-state index is 12.3. The second kappa shape index (κ2) is 5.22. The summed E-state index contributed by atoms with van der Waals surface area (Å²) in [7, 11) is 0. The van der Waals surface area contributed by atoms with Crippen LogP contribution < -0.4 is 0 Å². The zero-order chi connectivity index (χ0) is 12.5. The van der Waals surface area contributed by atoms with Crippen molar-refractivity contribution in [1.29, 1.82) is 0 Å². The molecule has 98 valence electrons. The number of hydrogen-bond donors (Lipinski definition) is 0. The third-order valence-electron chi connectivity index (χ3n) is 3.93. The number of thiophene rings is 1. The van der Waals surface area contributed by atoms with Gasteiger partial charge in [0.2, 0.25) is 5.91 Å². The van der Waals surface area contributed by atoms with Gasteiger partial charge in [-0.25, -0.2) is 0 Å². The smallest absolute Gasteiger partial charge is 0.223 e. The summed E-state index contributed by atoms with van der Waals surface area (Å²) in [4.78, 5) is 15.9. The van der Waals surface area contributed by atoms with Crippen LogP contribution in [-0.2, 0) is 11.2 Å². The van der Waals surface area contributed by atoms with Crippen LogP contribution in [0.15, 0.2) is 11.4 Å². The molecule has 0 aromatic carbocycles. The maximum atomic E-state index is 12.3. The van der Waals surface area contributed by atoms with Crippen LogP contribution in [0, 0.1) is 5.92 Å². The minimum atomic E-state index is 0.296. The fourth-order valence-corrected chi connectivity index (χ4v) is 3.95. The first-order chi connectivity index (χ1) is 8.81. The first kappa shape index (κ1) is 12.5. The molecule has 0 saturated heterocycles. The molecule has 1 fully saturated rings. The maximum Gasteiger partial charge on any atom is 0.223 e. The number of amides is 1. The Morgan fingerprint density at radius 3 is 3.06 bits per heavy atom. The highest BCUT2D eigenvalue weighted by Gasteiger charge is 2.41. The molecule has 1 aliphatic carbocycles. The van der Waals surface area contributed by atoms with E-state index in [0.717, 1.165) is 19.4 Å². The van der Waals surface area contributed by atoms with Crippen molar-refractivity contribution < 1.29 is 4.79 Å². The summed E-state index contributed by atoms with van der Waals surface area (Å²) < 4.78 is 0. The highest BCUT2D eigenvalue weighted by Crippen LogP contribution is 2.48. The number of carbonyl (C=O) groups excluding carboxylic acids is 1. The van der Waals surface area contributed by atoms with E-state index in [9.17, 15) is 4.79 Å². The third-order valence-corrected chi connectivity index (χ3v) is 5.19. The Morgan fingerprint density at radius 2 is 2.33 bits per heavy atom. The van der Waals surface area contributed by atoms with Crippen LogP contribution >= 0.6 is 22.9 Å².